The van der Waals surface area contributed by atoms with Crippen molar-refractivity contribution in [3.05, 3.63) is 41.1 Å². The van der Waals surface area contributed by atoms with Crippen molar-refractivity contribution in [3.8, 4) is 5.88 Å². The molecule has 0 unspecified atom stereocenters. The Morgan fingerprint density at radius 3 is 2.64 bits per heavy atom. The van der Waals surface area contributed by atoms with Crippen LogP contribution in [0, 0.1) is 6.92 Å². The summed E-state index contributed by atoms with van der Waals surface area (Å²) in [6.45, 7) is 5.64. The molecule has 1 aliphatic rings. The zero-order valence-corrected chi connectivity index (χ0v) is 15.4. The maximum atomic E-state index is 11.8. The molecule has 1 aromatic heterocycles. The number of hydrogen-bond acceptors (Lipinski definition) is 4. The Morgan fingerprint density at radius 1 is 1.32 bits per heavy atom. The van der Waals surface area contributed by atoms with Gasteiger partial charge in [0, 0.05) is 38.3 Å². The van der Waals surface area contributed by atoms with E-state index in [1.807, 2.05) is 31.0 Å². The van der Waals surface area contributed by atoms with Crippen LogP contribution in [0.25, 0.3) is 0 Å². The zero-order valence-electron chi connectivity index (χ0n) is 15.4. The van der Waals surface area contributed by atoms with Crippen LogP contribution in [0.3, 0.4) is 0 Å². The van der Waals surface area contributed by atoms with Gasteiger partial charge in [-0.25, -0.2) is 4.68 Å². The second kappa shape index (κ2) is 7.27. The van der Waals surface area contributed by atoms with Gasteiger partial charge in [-0.3, -0.25) is 4.79 Å². The molecule has 6 nitrogen and oxygen atoms in total. The van der Waals surface area contributed by atoms with Crippen molar-refractivity contribution in [2.24, 2.45) is 7.05 Å². The molecule has 134 valence electrons. The van der Waals surface area contributed by atoms with Gasteiger partial charge in [0.2, 0.25) is 11.8 Å². The van der Waals surface area contributed by atoms with Crippen molar-refractivity contribution in [3.63, 3.8) is 0 Å². The summed E-state index contributed by atoms with van der Waals surface area (Å²) in [4.78, 5) is 13.7. The molecule has 2 heterocycles. The van der Waals surface area contributed by atoms with Crippen LogP contribution in [0.1, 0.15) is 42.6 Å². The zero-order chi connectivity index (χ0) is 18.0. The van der Waals surface area contributed by atoms with Crippen molar-refractivity contribution in [1.82, 2.24) is 15.1 Å². The molecule has 1 fully saturated rings. The topological polar surface area (TPSA) is 59.4 Å². The SMILES string of the molecule is COc1c(CN[C@H](C)c2ccc(N3CCCC3=O)cc2)c(C)nn1C. The Morgan fingerprint density at radius 2 is 2.04 bits per heavy atom. The minimum atomic E-state index is 0.188. The highest BCUT2D eigenvalue weighted by atomic mass is 16.5. The number of anilines is 1. The van der Waals surface area contributed by atoms with Crippen LogP contribution in [-0.4, -0.2) is 29.3 Å². The number of hydrogen-bond donors (Lipinski definition) is 1. The Bertz CT molecular complexity index is 752. The Balaban J connectivity index is 1.65. The molecular formula is C19H26N4O2. The van der Waals surface area contributed by atoms with Gasteiger partial charge in [0.05, 0.1) is 18.4 Å². The average Bonchev–Trinajstić information content (AvgIpc) is 3.15. The van der Waals surface area contributed by atoms with E-state index in [1.54, 1.807) is 11.8 Å². The van der Waals surface area contributed by atoms with E-state index in [4.69, 9.17) is 4.74 Å². The minimum Gasteiger partial charge on any atom is -0.481 e. The fourth-order valence-corrected chi connectivity index (χ4v) is 3.38. The van der Waals surface area contributed by atoms with E-state index < -0.39 is 0 Å². The van der Waals surface area contributed by atoms with Crippen LogP contribution in [0.4, 0.5) is 5.69 Å². The second-order valence-corrected chi connectivity index (χ2v) is 6.54. The highest BCUT2D eigenvalue weighted by molar-refractivity contribution is 5.95. The van der Waals surface area contributed by atoms with E-state index in [2.05, 4.69) is 29.5 Å². The molecule has 1 saturated heterocycles. The number of carbonyl (C=O) groups excluding carboxylic acids is 1. The summed E-state index contributed by atoms with van der Waals surface area (Å²) >= 11 is 0. The van der Waals surface area contributed by atoms with Crippen molar-refractivity contribution in [1.29, 1.82) is 0 Å². The van der Waals surface area contributed by atoms with Crippen molar-refractivity contribution in [2.75, 3.05) is 18.6 Å². The lowest BCUT2D eigenvalue weighted by molar-refractivity contribution is -0.117. The smallest absolute Gasteiger partial charge is 0.227 e. The maximum absolute atomic E-state index is 11.8. The summed E-state index contributed by atoms with van der Waals surface area (Å²) in [6.07, 6.45) is 1.61. The molecule has 25 heavy (non-hydrogen) atoms. The number of carbonyl (C=O) groups is 1. The number of aryl methyl sites for hydroxylation is 2. The highest BCUT2D eigenvalue weighted by Gasteiger charge is 2.21. The van der Waals surface area contributed by atoms with Gasteiger partial charge < -0.3 is 15.0 Å². The number of methoxy groups -OCH3 is 1. The minimum absolute atomic E-state index is 0.188. The van der Waals surface area contributed by atoms with Gasteiger partial charge in [-0.2, -0.15) is 5.10 Å². The largest absolute Gasteiger partial charge is 0.481 e. The number of benzene rings is 1. The van der Waals surface area contributed by atoms with Gasteiger partial charge in [0.25, 0.3) is 0 Å². The van der Waals surface area contributed by atoms with Crippen LogP contribution < -0.4 is 15.0 Å². The third-order valence-corrected chi connectivity index (χ3v) is 4.85. The van der Waals surface area contributed by atoms with E-state index in [0.29, 0.717) is 13.0 Å². The van der Waals surface area contributed by atoms with Crippen molar-refractivity contribution >= 4 is 11.6 Å². The number of nitrogens with zero attached hydrogens (tertiary/aromatic N) is 3. The molecule has 6 heteroatoms. The van der Waals surface area contributed by atoms with E-state index in [1.165, 1.54) is 5.56 Å². The molecule has 0 spiro atoms. The molecule has 1 aromatic carbocycles. The fourth-order valence-electron chi connectivity index (χ4n) is 3.38. The first kappa shape index (κ1) is 17.5. The van der Waals surface area contributed by atoms with Gasteiger partial charge in [-0.1, -0.05) is 12.1 Å². The van der Waals surface area contributed by atoms with Gasteiger partial charge in [-0.05, 0) is 38.0 Å². The third kappa shape index (κ3) is 3.54. The summed E-state index contributed by atoms with van der Waals surface area (Å²) in [5.41, 5.74) is 4.23. The van der Waals surface area contributed by atoms with Crippen LogP contribution >= 0.6 is 0 Å². The molecule has 0 bridgehead atoms. The molecule has 3 rings (SSSR count). The highest BCUT2D eigenvalue weighted by Crippen LogP contribution is 2.25. The van der Waals surface area contributed by atoms with E-state index >= 15 is 0 Å². The molecule has 1 atom stereocenters. The Labute approximate surface area is 148 Å². The molecule has 1 N–H and O–H groups in total. The first-order valence-corrected chi connectivity index (χ1v) is 8.71. The lowest BCUT2D eigenvalue weighted by Crippen LogP contribution is -2.23. The van der Waals surface area contributed by atoms with Gasteiger partial charge in [-0.15, -0.1) is 0 Å². The molecule has 1 amide bonds. The summed E-state index contributed by atoms with van der Waals surface area (Å²) in [6, 6.07) is 8.43. The normalized spacial score (nSPS) is 15.7. The lowest BCUT2D eigenvalue weighted by Gasteiger charge is -2.18. The van der Waals surface area contributed by atoms with E-state index in [0.717, 1.165) is 35.8 Å². The Kier molecular flexibility index (Phi) is 5.08. The molecule has 1 aliphatic heterocycles. The summed E-state index contributed by atoms with van der Waals surface area (Å²) in [5.74, 6) is 1.01. The second-order valence-electron chi connectivity index (χ2n) is 6.54. The first-order chi connectivity index (χ1) is 12.0. The van der Waals surface area contributed by atoms with Crippen LogP contribution in [0.2, 0.25) is 0 Å². The van der Waals surface area contributed by atoms with Crippen LogP contribution in [0.5, 0.6) is 5.88 Å². The van der Waals surface area contributed by atoms with Crippen molar-refractivity contribution in [2.45, 2.75) is 39.3 Å². The fraction of sp³-hybridized carbons (Fsp3) is 0.474. The molecule has 0 aliphatic carbocycles. The van der Waals surface area contributed by atoms with E-state index in [-0.39, 0.29) is 11.9 Å². The van der Waals surface area contributed by atoms with Crippen LogP contribution in [-0.2, 0) is 18.4 Å². The maximum Gasteiger partial charge on any atom is 0.227 e. The molecule has 0 saturated carbocycles. The lowest BCUT2D eigenvalue weighted by atomic mass is 10.1. The molecule has 0 radical (unpaired) electrons. The molecular weight excluding hydrogens is 316 g/mol. The van der Waals surface area contributed by atoms with Gasteiger partial charge in [0.15, 0.2) is 0 Å². The summed E-state index contributed by atoms with van der Waals surface area (Å²) in [7, 11) is 3.55. The molecule has 2 aromatic rings. The number of nitrogens with one attached hydrogen (secondary N) is 1. The third-order valence-electron chi connectivity index (χ3n) is 4.85. The van der Waals surface area contributed by atoms with Gasteiger partial charge in [0.1, 0.15) is 0 Å². The number of aromatic nitrogens is 2. The van der Waals surface area contributed by atoms with Crippen molar-refractivity contribution < 1.29 is 9.53 Å². The Hall–Kier alpha value is -2.34. The number of rotatable bonds is 6. The average molecular weight is 342 g/mol. The number of amides is 1. The monoisotopic (exact) mass is 342 g/mol. The number of ether oxygens (including phenoxy) is 1. The van der Waals surface area contributed by atoms with Crippen LogP contribution in [0.15, 0.2) is 24.3 Å². The van der Waals surface area contributed by atoms with E-state index in [9.17, 15) is 4.79 Å². The summed E-state index contributed by atoms with van der Waals surface area (Å²) in [5, 5.41) is 7.94. The first-order valence-electron chi connectivity index (χ1n) is 8.71. The predicted molar refractivity (Wildman–Crippen MR) is 97.8 cm³/mol. The summed E-state index contributed by atoms with van der Waals surface area (Å²) < 4.78 is 7.20. The van der Waals surface area contributed by atoms with Gasteiger partial charge >= 0.3 is 0 Å². The quantitative estimate of drug-likeness (QED) is 0.877. The standard InChI is InChI=1S/C19H26N4O2/c1-13(20-12-17-14(2)21-22(3)19(17)25-4)15-7-9-16(10-8-15)23-11-5-6-18(23)24/h7-10,13,20H,5-6,11-12H2,1-4H3/t13-/m1/s1. The predicted octanol–water partition coefficient (Wildman–Crippen LogP) is 2.71.